The number of hydrogen-bond donors (Lipinski definition) is 0. The lowest BCUT2D eigenvalue weighted by Gasteiger charge is -2.16. The van der Waals surface area contributed by atoms with Crippen LogP contribution in [0.5, 0.6) is 0 Å². The van der Waals surface area contributed by atoms with Crippen molar-refractivity contribution in [3.63, 3.8) is 0 Å². The number of fused-ring (bicyclic) bond motifs is 6. The third kappa shape index (κ3) is 5.32. The highest BCUT2D eigenvalue weighted by molar-refractivity contribution is 7.26. The van der Waals surface area contributed by atoms with Gasteiger partial charge in [-0.05, 0) is 46.5 Å². The first-order chi connectivity index (χ1) is 30.2. The van der Waals surface area contributed by atoms with E-state index in [-0.39, 0.29) is 58.1 Å². The summed E-state index contributed by atoms with van der Waals surface area (Å²) in [5.74, 6) is 1.24. The normalized spacial score (nSPS) is 13.1. The Morgan fingerprint density at radius 3 is 1.45 bits per heavy atom. The number of aromatic nitrogens is 4. The van der Waals surface area contributed by atoms with E-state index in [0.29, 0.717) is 28.7 Å². The largest absolute Gasteiger partial charge is 0.309 e. The molecule has 0 aliphatic rings. The molecule has 0 saturated heterocycles. The van der Waals surface area contributed by atoms with Crippen molar-refractivity contribution >= 4 is 53.3 Å². The predicted octanol–water partition coefficient (Wildman–Crippen LogP) is 13.7. The molecule has 56 heavy (non-hydrogen) atoms. The summed E-state index contributed by atoms with van der Waals surface area (Å²) in [4.78, 5) is 15.3. The fourth-order valence-corrected chi connectivity index (χ4v) is 9.03. The van der Waals surface area contributed by atoms with Crippen molar-refractivity contribution in [2.75, 3.05) is 0 Å². The molecule has 8 aromatic carbocycles. The number of hydrogen-bond acceptors (Lipinski definition) is 4. The van der Waals surface area contributed by atoms with Gasteiger partial charge in [0, 0.05) is 47.6 Å². The number of para-hydroxylation sites is 2. The van der Waals surface area contributed by atoms with E-state index in [1.807, 2.05) is 84.9 Å². The quantitative estimate of drug-likeness (QED) is 0.171. The van der Waals surface area contributed by atoms with E-state index in [1.54, 1.807) is 15.9 Å². The molecule has 0 saturated carbocycles. The lowest BCUT2D eigenvalue weighted by Crippen LogP contribution is -2.04. The Labute approximate surface area is 336 Å². The van der Waals surface area contributed by atoms with Gasteiger partial charge in [-0.3, -0.25) is 0 Å². The average Bonchev–Trinajstić information content (AvgIpc) is 3.89. The highest BCUT2D eigenvalue weighted by Gasteiger charge is 2.21. The summed E-state index contributed by atoms with van der Waals surface area (Å²) in [6.07, 6.45) is 0. The summed E-state index contributed by atoms with van der Waals surface area (Å²) in [5, 5.41) is 2.65. The molecule has 0 fully saturated rings. The summed E-state index contributed by atoms with van der Waals surface area (Å²) < 4.78 is 57.8. The molecule has 0 aliphatic carbocycles. The second-order valence-corrected chi connectivity index (χ2v) is 14.5. The SMILES string of the molecule is [2H]c1cc([2H])c2c(c1[2H])c1c([2H])c([2H])cc([2H])c1n2-c1ccc(-c2cccc3c2sc2c(-c4ccccc4)cccc23)cc1-c1nc(-c2ccccc2)nc(-c2ccccc2)n1. The molecule has 11 aromatic rings. The van der Waals surface area contributed by atoms with Crippen LogP contribution in [0.25, 0.3) is 104 Å². The summed E-state index contributed by atoms with van der Waals surface area (Å²) in [6, 6.07) is 50.4. The summed E-state index contributed by atoms with van der Waals surface area (Å²) in [5.41, 5.74) is 7.34. The maximum absolute atomic E-state index is 9.25. The molecular formula is C51H32N4S. The molecule has 0 bridgehead atoms. The minimum atomic E-state index is -0.180. The van der Waals surface area contributed by atoms with Crippen molar-refractivity contribution in [2.24, 2.45) is 0 Å². The van der Waals surface area contributed by atoms with Gasteiger partial charge >= 0.3 is 0 Å². The molecule has 5 heteroatoms. The number of rotatable bonds is 6. The molecule has 262 valence electrons. The van der Waals surface area contributed by atoms with Crippen molar-refractivity contribution in [2.45, 2.75) is 0 Å². The average molecular weight is 739 g/mol. The van der Waals surface area contributed by atoms with E-state index < -0.39 is 0 Å². The highest BCUT2D eigenvalue weighted by atomic mass is 32.1. The van der Waals surface area contributed by atoms with Crippen LogP contribution >= 0.6 is 11.3 Å². The van der Waals surface area contributed by atoms with E-state index in [0.717, 1.165) is 43.5 Å². The Morgan fingerprint density at radius 2 is 0.893 bits per heavy atom. The van der Waals surface area contributed by atoms with Gasteiger partial charge in [0.05, 0.1) is 24.9 Å². The van der Waals surface area contributed by atoms with Crippen LogP contribution in [-0.2, 0) is 0 Å². The van der Waals surface area contributed by atoms with Crippen LogP contribution in [0.15, 0.2) is 194 Å². The molecule has 3 aromatic heterocycles. The third-order valence-corrected chi connectivity index (χ3v) is 11.5. The monoisotopic (exact) mass is 738 g/mol. The first-order valence-corrected chi connectivity index (χ1v) is 19.1. The lowest BCUT2D eigenvalue weighted by molar-refractivity contribution is 1.06. The second-order valence-electron chi connectivity index (χ2n) is 13.5. The Balaban J connectivity index is 1.25. The minimum Gasteiger partial charge on any atom is -0.309 e. The molecule has 4 nitrogen and oxygen atoms in total. The Hall–Kier alpha value is -7.21. The van der Waals surface area contributed by atoms with E-state index in [9.17, 15) is 2.74 Å². The van der Waals surface area contributed by atoms with Gasteiger partial charge < -0.3 is 4.57 Å². The molecule has 0 unspecified atom stereocenters. The Bertz CT molecular complexity index is 3460. The molecule has 0 N–H and O–H groups in total. The van der Waals surface area contributed by atoms with Crippen molar-refractivity contribution in [3.8, 4) is 62.1 Å². The molecule has 0 radical (unpaired) electrons. The Morgan fingerprint density at radius 1 is 0.393 bits per heavy atom. The van der Waals surface area contributed by atoms with Gasteiger partial charge in [-0.25, -0.2) is 15.0 Å². The van der Waals surface area contributed by atoms with Crippen molar-refractivity contribution in [1.29, 1.82) is 0 Å². The zero-order chi connectivity index (χ0) is 42.2. The molecule has 3 heterocycles. The lowest BCUT2D eigenvalue weighted by atomic mass is 9.98. The second kappa shape index (κ2) is 13.3. The van der Waals surface area contributed by atoms with Gasteiger partial charge in [0.1, 0.15) is 0 Å². The van der Waals surface area contributed by atoms with Crippen LogP contribution in [0.1, 0.15) is 8.22 Å². The van der Waals surface area contributed by atoms with Crippen LogP contribution < -0.4 is 0 Å². The first kappa shape index (κ1) is 26.5. The van der Waals surface area contributed by atoms with Crippen LogP contribution in [0.3, 0.4) is 0 Å². The van der Waals surface area contributed by atoms with Crippen LogP contribution in [0, 0.1) is 0 Å². The van der Waals surface area contributed by atoms with Crippen LogP contribution in [0.4, 0.5) is 0 Å². The minimum absolute atomic E-state index is 0.0487. The zero-order valence-corrected chi connectivity index (χ0v) is 30.5. The zero-order valence-electron chi connectivity index (χ0n) is 35.7. The number of thiophene rings is 1. The fraction of sp³-hybridized carbons (Fsp3) is 0. The van der Waals surface area contributed by atoms with Gasteiger partial charge in [0.15, 0.2) is 17.5 Å². The first-order valence-electron chi connectivity index (χ1n) is 21.3. The molecule has 0 aliphatic heterocycles. The van der Waals surface area contributed by atoms with Gasteiger partial charge in [-0.2, -0.15) is 0 Å². The summed E-state index contributed by atoms with van der Waals surface area (Å²) in [6.45, 7) is 0. The maximum Gasteiger partial charge on any atom is 0.166 e. The molecule has 0 atom stereocenters. The Kier molecular flexibility index (Phi) is 6.29. The van der Waals surface area contributed by atoms with Crippen molar-refractivity contribution in [1.82, 2.24) is 19.5 Å². The highest BCUT2D eigenvalue weighted by Crippen LogP contribution is 2.45. The van der Waals surface area contributed by atoms with Gasteiger partial charge in [0.25, 0.3) is 0 Å². The van der Waals surface area contributed by atoms with E-state index in [1.165, 1.54) is 22.2 Å². The molecule has 0 amide bonds. The number of benzene rings is 8. The van der Waals surface area contributed by atoms with Crippen molar-refractivity contribution in [3.05, 3.63) is 194 Å². The molecular weight excluding hydrogens is 701 g/mol. The topological polar surface area (TPSA) is 43.6 Å². The standard InChI is InChI=1S/C51H32N4S/c1-4-16-33(17-5-1)37-24-14-26-41-42-27-15-25-38(48(42)56-47(37)41)36-30-31-46(55-44-28-12-10-22-39(44)40-23-11-13-29-45(40)55)43(32-36)51-53-49(34-18-6-2-7-19-34)52-50(54-51)35-20-8-3-9-21-35/h1-32H/i10D,11D,22D,23D,28D,29D. The summed E-state index contributed by atoms with van der Waals surface area (Å²) in [7, 11) is 0. The van der Waals surface area contributed by atoms with Gasteiger partial charge in [0.2, 0.25) is 0 Å². The van der Waals surface area contributed by atoms with Crippen LogP contribution in [0.2, 0.25) is 0 Å². The van der Waals surface area contributed by atoms with E-state index >= 15 is 0 Å². The van der Waals surface area contributed by atoms with Gasteiger partial charge in [-0.1, -0.05) is 170 Å². The summed E-state index contributed by atoms with van der Waals surface area (Å²) >= 11 is 1.75. The van der Waals surface area contributed by atoms with E-state index in [4.69, 9.17) is 20.4 Å². The molecule has 0 spiro atoms. The smallest absolute Gasteiger partial charge is 0.166 e. The fourth-order valence-electron chi connectivity index (χ4n) is 7.65. The van der Waals surface area contributed by atoms with E-state index in [2.05, 4.69) is 60.7 Å². The van der Waals surface area contributed by atoms with Gasteiger partial charge in [-0.15, -0.1) is 11.3 Å². The predicted molar refractivity (Wildman–Crippen MR) is 234 cm³/mol. The van der Waals surface area contributed by atoms with Crippen molar-refractivity contribution < 1.29 is 8.22 Å². The molecule has 11 rings (SSSR count). The number of nitrogens with zero attached hydrogens (tertiary/aromatic N) is 4. The maximum atomic E-state index is 9.25. The third-order valence-electron chi connectivity index (χ3n) is 10.2. The van der Waals surface area contributed by atoms with Crippen LogP contribution in [-0.4, -0.2) is 19.5 Å².